The summed E-state index contributed by atoms with van der Waals surface area (Å²) in [5, 5.41) is 0. The molecule has 0 amide bonds. The Bertz CT molecular complexity index is 1040. The van der Waals surface area contributed by atoms with E-state index in [1.165, 1.54) is 5.56 Å². The zero-order chi connectivity index (χ0) is 16.9. The van der Waals surface area contributed by atoms with Gasteiger partial charge in [-0.25, -0.2) is 9.97 Å². The van der Waals surface area contributed by atoms with Crippen LogP contribution in [-0.2, 0) is 6.42 Å². The normalized spacial score (nSPS) is 10.4. The van der Waals surface area contributed by atoms with Crippen molar-refractivity contribution in [1.29, 1.82) is 0 Å². The summed E-state index contributed by atoms with van der Waals surface area (Å²) in [6, 6.07) is 22.3. The number of aromatic nitrogens is 3. The summed E-state index contributed by atoms with van der Waals surface area (Å²) in [7, 11) is 0. The van der Waals surface area contributed by atoms with Crippen LogP contribution in [0.15, 0.2) is 79.1 Å². The molecular formula is C22H17N3. The Hall–Kier alpha value is -3.38. The van der Waals surface area contributed by atoms with Crippen molar-refractivity contribution in [3.8, 4) is 23.1 Å². The Morgan fingerprint density at radius 2 is 1.76 bits per heavy atom. The van der Waals surface area contributed by atoms with Gasteiger partial charge in [-0.2, -0.15) is 0 Å². The number of aryl methyl sites for hydroxylation is 1. The van der Waals surface area contributed by atoms with Gasteiger partial charge in [-0.1, -0.05) is 48.4 Å². The Balaban J connectivity index is 1.55. The summed E-state index contributed by atoms with van der Waals surface area (Å²) < 4.78 is 2.15. The van der Waals surface area contributed by atoms with Crippen molar-refractivity contribution in [2.75, 3.05) is 0 Å². The minimum absolute atomic E-state index is 0.765. The van der Waals surface area contributed by atoms with E-state index >= 15 is 0 Å². The highest BCUT2D eigenvalue weighted by Gasteiger charge is 2.06. The minimum atomic E-state index is 0.765. The lowest BCUT2D eigenvalue weighted by Gasteiger charge is -2.04. The molecular weight excluding hydrogens is 306 g/mol. The van der Waals surface area contributed by atoms with Crippen molar-refractivity contribution in [3.05, 3.63) is 90.5 Å². The van der Waals surface area contributed by atoms with Crippen molar-refractivity contribution < 1.29 is 0 Å². The average Bonchev–Trinajstić information content (AvgIpc) is 3.10. The lowest BCUT2D eigenvalue weighted by molar-refractivity contribution is 0.982. The van der Waals surface area contributed by atoms with Gasteiger partial charge >= 0.3 is 0 Å². The first-order chi connectivity index (χ1) is 12.4. The number of imidazole rings is 1. The van der Waals surface area contributed by atoms with Gasteiger partial charge in [-0.3, -0.25) is 4.40 Å². The molecule has 4 aromatic rings. The molecule has 0 bridgehead atoms. The largest absolute Gasteiger partial charge is 0.299 e. The third-order valence-electron chi connectivity index (χ3n) is 4.00. The molecule has 0 saturated heterocycles. The number of pyridine rings is 2. The molecule has 0 atom stereocenters. The molecule has 3 nitrogen and oxygen atoms in total. The molecule has 25 heavy (non-hydrogen) atoms. The molecule has 4 rings (SSSR count). The van der Waals surface area contributed by atoms with Gasteiger partial charge in [0, 0.05) is 25.2 Å². The van der Waals surface area contributed by atoms with Crippen LogP contribution in [0.4, 0.5) is 0 Å². The Kier molecular flexibility index (Phi) is 4.26. The standard InChI is InChI=1S/C22H17N3/c1-2-9-18(10-3-1)21-14-8-15-22-24-20(17-25(21)22)13-5-4-11-19-12-6-7-16-23-19/h1-3,6-10,12,14-17H,5,13H2. The molecule has 3 aromatic heterocycles. The van der Waals surface area contributed by atoms with Gasteiger partial charge in [0.2, 0.25) is 0 Å². The minimum Gasteiger partial charge on any atom is -0.299 e. The average molecular weight is 323 g/mol. The molecule has 0 unspecified atom stereocenters. The summed E-state index contributed by atoms with van der Waals surface area (Å²) in [6.07, 6.45) is 5.47. The first-order valence-electron chi connectivity index (χ1n) is 8.32. The van der Waals surface area contributed by atoms with Gasteiger partial charge in [0.25, 0.3) is 0 Å². The smallest absolute Gasteiger partial charge is 0.137 e. The van der Waals surface area contributed by atoms with Crippen LogP contribution in [0, 0.1) is 11.8 Å². The van der Waals surface area contributed by atoms with E-state index in [1.54, 1.807) is 6.20 Å². The van der Waals surface area contributed by atoms with E-state index in [0.717, 1.165) is 35.6 Å². The molecule has 0 aliphatic heterocycles. The zero-order valence-corrected chi connectivity index (χ0v) is 13.8. The van der Waals surface area contributed by atoms with Crippen LogP contribution in [0.25, 0.3) is 16.9 Å². The molecule has 0 N–H and O–H groups in total. The molecule has 0 fully saturated rings. The van der Waals surface area contributed by atoms with Crippen LogP contribution in [-0.4, -0.2) is 14.4 Å². The topological polar surface area (TPSA) is 30.2 Å². The predicted octanol–water partition coefficient (Wildman–Crippen LogP) is 4.38. The fourth-order valence-electron chi connectivity index (χ4n) is 2.81. The van der Waals surface area contributed by atoms with Crippen molar-refractivity contribution in [1.82, 2.24) is 14.4 Å². The fourth-order valence-corrected chi connectivity index (χ4v) is 2.81. The third-order valence-corrected chi connectivity index (χ3v) is 4.00. The molecule has 120 valence electrons. The van der Waals surface area contributed by atoms with Crippen molar-refractivity contribution >= 4 is 5.65 Å². The number of fused-ring (bicyclic) bond motifs is 1. The molecule has 0 aliphatic carbocycles. The summed E-state index contributed by atoms with van der Waals surface area (Å²) in [4.78, 5) is 8.93. The van der Waals surface area contributed by atoms with Gasteiger partial charge in [-0.05, 0) is 35.7 Å². The van der Waals surface area contributed by atoms with Gasteiger partial charge < -0.3 is 0 Å². The van der Waals surface area contributed by atoms with Crippen molar-refractivity contribution in [2.24, 2.45) is 0 Å². The van der Waals surface area contributed by atoms with Gasteiger partial charge in [0.1, 0.15) is 11.3 Å². The summed E-state index contributed by atoms with van der Waals surface area (Å²) in [6.45, 7) is 0. The molecule has 0 radical (unpaired) electrons. The maximum atomic E-state index is 4.72. The van der Waals surface area contributed by atoms with Crippen LogP contribution in [0.3, 0.4) is 0 Å². The first kappa shape index (κ1) is 15.2. The highest BCUT2D eigenvalue weighted by Crippen LogP contribution is 2.21. The summed E-state index contributed by atoms with van der Waals surface area (Å²) in [5.74, 6) is 6.27. The second-order valence-corrected chi connectivity index (χ2v) is 5.75. The van der Waals surface area contributed by atoms with Crippen LogP contribution in [0.2, 0.25) is 0 Å². The van der Waals surface area contributed by atoms with Crippen LogP contribution < -0.4 is 0 Å². The van der Waals surface area contributed by atoms with E-state index in [9.17, 15) is 0 Å². The maximum Gasteiger partial charge on any atom is 0.137 e. The SMILES string of the molecule is C(#Cc1ccccn1)CCc1cn2c(-c3ccccc3)cccc2n1. The van der Waals surface area contributed by atoms with Gasteiger partial charge in [-0.15, -0.1) is 0 Å². The summed E-state index contributed by atoms with van der Waals surface area (Å²) >= 11 is 0. The molecule has 3 heterocycles. The molecule has 1 aromatic carbocycles. The quantitative estimate of drug-likeness (QED) is 0.524. The van der Waals surface area contributed by atoms with Gasteiger partial charge in [0.15, 0.2) is 0 Å². The number of hydrogen-bond donors (Lipinski definition) is 0. The molecule has 0 aliphatic rings. The van der Waals surface area contributed by atoms with Crippen LogP contribution in [0.5, 0.6) is 0 Å². The highest BCUT2D eigenvalue weighted by molar-refractivity contribution is 5.63. The van der Waals surface area contributed by atoms with Crippen LogP contribution >= 0.6 is 0 Å². The number of nitrogens with zero attached hydrogens (tertiary/aromatic N) is 3. The van der Waals surface area contributed by atoms with Crippen LogP contribution in [0.1, 0.15) is 17.8 Å². The lowest BCUT2D eigenvalue weighted by atomic mass is 10.1. The van der Waals surface area contributed by atoms with E-state index in [0.29, 0.717) is 0 Å². The Morgan fingerprint density at radius 3 is 2.60 bits per heavy atom. The Labute approximate surface area is 147 Å². The highest BCUT2D eigenvalue weighted by atomic mass is 15.0. The number of rotatable bonds is 3. The van der Waals surface area contributed by atoms with Crippen molar-refractivity contribution in [3.63, 3.8) is 0 Å². The Morgan fingerprint density at radius 1 is 0.880 bits per heavy atom. The second kappa shape index (κ2) is 7.02. The molecule has 0 spiro atoms. The summed E-state index contributed by atoms with van der Waals surface area (Å²) in [5.41, 5.74) is 5.17. The van der Waals surface area contributed by atoms with E-state index in [4.69, 9.17) is 4.98 Å². The van der Waals surface area contributed by atoms with Crippen molar-refractivity contribution in [2.45, 2.75) is 12.8 Å². The first-order valence-corrected chi connectivity index (χ1v) is 8.32. The monoisotopic (exact) mass is 323 g/mol. The predicted molar refractivity (Wildman–Crippen MR) is 100 cm³/mol. The second-order valence-electron chi connectivity index (χ2n) is 5.75. The number of hydrogen-bond acceptors (Lipinski definition) is 2. The van der Waals surface area contributed by atoms with E-state index in [-0.39, 0.29) is 0 Å². The third kappa shape index (κ3) is 3.44. The van der Waals surface area contributed by atoms with E-state index < -0.39 is 0 Å². The van der Waals surface area contributed by atoms with E-state index in [1.807, 2.05) is 30.3 Å². The zero-order valence-electron chi connectivity index (χ0n) is 13.8. The molecule has 3 heteroatoms. The number of benzene rings is 1. The fraction of sp³-hybridized carbons (Fsp3) is 0.0909. The van der Waals surface area contributed by atoms with E-state index in [2.05, 4.69) is 63.8 Å². The molecule has 0 saturated carbocycles. The maximum absolute atomic E-state index is 4.72. The lowest BCUT2D eigenvalue weighted by Crippen LogP contribution is -1.89. The van der Waals surface area contributed by atoms with Gasteiger partial charge in [0.05, 0.1) is 11.4 Å².